The molecule has 0 spiro atoms. The van der Waals surface area contributed by atoms with Crippen molar-refractivity contribution in [3.05, 3.63) is 100 Å². The number of esters is 1. The Hall–Kier alpha value is -5.43. The molecule has 13 heteroatoms. The molecule has 1 atom stereocenters. The maximum Gasteiger partial charge on any atom is 0.338 e. The molecule has 1 amide bonds. The van der Waals surface area contributed by atoms with Crippen LogP contribution in [0.25, 0.3) is 0 Å². The Balaban J connectivity index is 1.37. The largest absolute Gasteiger partial charge is 0.490 e. The molecule has 0 saturated carbocycles. The zero-order valence-electron chi connectivity index (χ0n) is 25.5. The van der Waals surface area contributed by atoms with Crippen LogP contribution in [0, 0.1) is 0 Å². The van der Waals surface area contributed by atoms with E-state index < -0.39 is 23.9 Å². The van der Waals surface area contributed by atoms with Crippen LogP contribution in [0.15, 0.2) is 83.1 Å². The molecule has 3 aromatic rings. The van der Waals surface area contributed by atoms with Crippen molar-refractivity contribution in [1.82, 2.24) is 16.1 Å². The third-order valence-corrected chi connectivity index (χ3v) is 6.84. The van der Waals surface area contributed by atoms with Gasteiger partial charge in [-0.3, -0.25) is 4.79 Å². The standard InChI is InChI=1S/C33H34N4O8S/c1-4-42-27-16-22(12-15-26(27)44-18-21-10-13-23(14-11-21)31(39)40)17-34-37-28(38)19-45-25-9-7-6-8-24(25)30-29(32(41)43-5-2)20(3)35-33(46)36-30/h6-17,30H,4-5,18-19H2,1-3H3,(H,37,38)(H,39,40)(H2,35,36,46)/t30-/m0/s1. The molecule has 46 heavy (non-hydrogen) atoms. The van der Waals surface area contributed by atoms with E-state index in [1.807, 2.05) is 6.92 Å². The number of amides is 1. The number of aromatic carboxylic acids is 1. The van der Waals surface area contributed by atoms with Gasteiger partial charge in [0.25, 0.3) is 5.91 Å². The number of rotatable bonds is 14. The van der Waals surface area contributed by atoms with E-state index in [1.165, 1.54) is 18.3 Å². The second-order valence-electron chi connectivity index (χ2n) is 9.84. The summed E-state index contributed by atoms with van der Waals surface area (Å²) in [7, 11) is 0. The number of carbonyl (C=O) groups excluding carboxylic acids is 2. The van der Waals surface area contributed by atoms with E-state index in [9.17, 15) is 14.4 Å². The molecule has 1 aliphatic rings. The molecule has 12 nitrogen and oxygen atoms in total. The third-order valence-electron chi connectivity index (χ3n) is 6.62. The second kappa shape index (κ2) is 16.0. The molecular formula is C33H34N4O8S. The minimum Gasteiger partial charge on any atom is -0.490 e. The first-order chi connectivity index (χ1) is 22.2. The van der Waals surface area contributed by atoms with Crippen LogP contribution in [0.1, 0.15) is 53.9 Å². The Bertz CT molecular complexity index is 1660. The van der Waals surface area contributed by atoms with Crippen LogP contribution in [-0.2, 0) is 20.9 Å². The quantitative estimate of drug-likeness (QED) is 0.0860. The summed E-state index contributed by atoms with van der Waals surface area (Å²) in [6.07, 6.45) is 1.46. The number of carboxylic acid groups (broad SMARTS) is 1. The fourth-order valence-electron chi connectivity index (χ4n) is 4.51. The number of hydrogen-bond acceptors (Lipinski definition) is 9. The highest BCUT2D eigenvalue weighted by Crippen LogP contribution is 2.34. The predicted molar refractivity (Wildman–Crippen MR) is 174 cm³/mol. The Morgan fingerprint density at radius 3 is 2.43 bits per heavy atom. The van der Waals surface area contributed by atoms with E-state index in [-0.39, 0.29) is 25.4 Å². The second-order valence-corrected chi connectivity index (χ2v) is 10.2. The van der Waals surface area contributed by atoms with Crippen LogP contribution >= 0.6 is 12.2 Å². The van der Waals surface area contributed by atoms with Gasteiger partial charge < -0.3 is 34.7 Å². The maximum atomic E-state index is 12.8. The van der Waals surface area contributed by atoms with Crippen molar-refractivity contribution in [2.75, 3.05) is 19.8 Å². The maximum absolute atomic E-state index is 12.8. The number of allylic oxidation sites excluding steroid dienone is 1. The van der Waals surface area contributed by atoms with Gasteiger partial charge in [-0.1, -0.05) is 30.3 Å². The Labute approximate surface area is 271 Å². The van der Waals surface area contributed by atoms with E-state index in [2.05, 4.69) is 21.2 Å². The molecule has 0 aromatic heterocycles. The van der Waals surface area contributed by atoms with Crippen LogP contribution < -0.4 is 30.3 Å². The molecule has 0 saturated heterocycles. The van der Waals surface area contributed by atoms with Crippen molar-refractivity contribution in [3.63, 3.8) is 0 Å². The molecule has 240 valence electrons. The van der Waals surface area contributed by atoms with Crippen LogP contribution in [0.4, 0.5) is 0 Å². The monoisotopic (exact) mass is 646 g/mol. The molecule has 1 heterocycles. The van der Waals surface area contributed by atoms with Crippen molar-refractivity contribution in [2.45, 2.75) is 33.4 Å². The third kappa shape index (κ3) is 8.82. The first-order valence-corrected chi connectivity index (χ1v) is 14.8. The number of nitrogens with one attached hydrogen (secondary N) is 3. The summed E-state index contributed by atoms with van der Waals surface area (Å²) in [5.41, 5.74) is 5.62. The fraction of sp³-hybridized carbons (Fsp3) is 0.242. The Kier molecular flexibility index (Phi) is 11.7. The highest BCUT2D eigenvalue weighted by molar-refractivity contribution is 7.80. The highest BCUT2D eigenvalue weighted by atomic mass is 32.1. The van der Waals surface area contributed by atoms with Crippen LogP contribution in [0.2, 0.25) is 0 Å². The van der Waals surface area contributed by atoms with Crippen LogP contribution in [0.5, 0.6) is 17.2 Å². The van der Waals surface area contributed by atoms with Crippen molar-refractivity contribution in [3.8, 4) is 17.2 Å². The number of carbonyl (C=O) groups is 3. The summed E-state index contributed by atoms with van der Waals surface area (Å²) >= 11 is 5.32. The van der Waals surface area contributed by atoms with Gasteiger partial charge in [0.05, 0.1) is 36.6 Å². The minimum absolute atomic E-state index is 0.197. The van der Waals surface area contributed by atoms with Gasteiger partial charge in [0.2, 0.25) is 0 Å². The van der Waals surface area contributed by atoms with E-state index in [0.717, 1.165) is 5.56 Å². The highest BCUT2D eigenvalue weighted by Gasteiger charge is 2.32. The number of para-hydroxylation sites is 1. The summed E-state index contributed by atoms with van der Waals surface area (Å²) in [4.78, 5) is 36.4. The summed E-state index contributed by atoms with van der Waals surface area (Å²) in [6, 6.07) is 18.0. The van der Waals surface area contributed by atoms with Crippen LogP contribution in [-0.4, -0.2) is 54.1 Å². The average Bonchev–Trinajstić information content (AvgIpc) is 3.03. The number of benzene rings is 3. The van der Waals surface area contributed by atoms with Gasteiger partial charge in [0.1, 0.15) is 12.4 Å². The number of nitrogens with zero attached hydrogens (tertiary/aromatic N) is 1. The molecule has 0 radical (unpaired) electrons. The lowest BCUT2D eigenvalue weighted by atomic mass is 9.95. The normalized spacial score (nSPS) is 14.2. The van der Waals surface area contributed by atoms with E-state index in [1.54, 1.807) is 68.4 Å². The van der Waals surface area contributed by atoms with Crippen molar-refractivity contribution < 1.29 is 38.4 Å². The number of carboxylic acids is 1. The molecule has 1 aliphatic heterocycles. The molecule has 3 aromatic carbocycles. The van der Waals surface area contributed by atoms with Gasteiger partial charge >= 0.3 is 11.9 Å². The average molecular weight is 647 g/mol. The van der Waals surface area contributed by atoms with E-state index in [0.29, 0.717) is 51.4 Å². The summed E-state index contributed by atoms with van der Waals surface area (Å²) in [5.74, 6) is -0.625. The fourth-order valence-corrected chi connectivity index (χ4v) is 4.78. The zero-order chi connectivity index (χ0) is 33.1. The lowest BCUT2D eigenvalue weighted by molar-refractivity contribution is -0.139. The molecule has 0 bridgehead atoms. The minimum atomic E-state index is -0.994. The lowest BCUT2D eigenvalue weighted by Crippen LogP contribution is -2.45. The molecule has 4 N–H and O–H groups in total. The van der Waals surface area contributed by atoms with E-state index in [4.69, 9.17) is 36.3 Å². The number of thiocarbonyl (C=S) groups is 1. The number of hydrogen-bond donors (Lipinski definition) is 4. The Morgan fingerprint density at radius 2 is 1.72 bits per heavy atom. The number of hydrazone groups is 1. The van der Waals surface area contributed by atoms with Gasteiger partial charge in [-0.05, 0) is 80.5 Å². The predicted octanol–water partition coefficient (Wildman–Crippen LogP) is 4.25. The van der Waals surface area contributed by atoms with Crippen LogP contribution in [0.3, 0.4) is 0 Å². The van der Waals surface area contributed by atoms with Gasteiger partial charge in [0, 0.05) is 11.3 Å². The smallest absolute Gasteiger partial charge is 0.338 e. The number of ether oxygens (including phenoxy) is 4. The zero-order valence-corrected chi connectivity index (χ0v) is 26.3. The Morgan fingerprint density at radius 1 is 0.957 bits per heavy atom. The lowest BCUT2D eigenvalue weighted by Gasteiger charge is -2.30. The summed E-state index contributed by atoms with van der Waals surface area (Å²) in [5, 5.41) is 19.5. The molecule has 0 fully saturated rings. The molecular weight excluding hydrogens is 612 g/mol. The molecule has 0 unspecified atom stereocenters. The topological polar surface area (TPSA) is 157 Å². The first-order valence-electron chi connectivity index (χ1n) is 14.4. The van der Waals surface area contributed by atoms with Crippen molar-refractivity contribution in [2.24, 2.45) is 5.10 Å². The van der Waals surface area contributed by atoms with Crippen molar-refractivity contribution >= 4 is 41.4 Å². The van der Waals surface area contributed by atoms with Gasteiger partial charge in [-0.25, -0.2) is 15.0 Å². The van der Waals surface area contributed by atoms with Gasteiger partial charge in [0.15, 0.2) is 23.2 Å². The van der Waals surface area contributed by atoms with Gasteiger partial charge in [-0.15, -0.1) is 0 Å². The first kappa shape index (κ1) is 33.5. The summed E-state index contributed by atoms with van der Waals surface area (Å²) in [6.45, 7) is 5.80. The molecule has 4 rings (SSSR count). The van der Waals surface area contributed by atoms with Gasteiger partial charge in [-0.2, -0.15) is 5.10 Å². The summed E-state index contributed by atoms with van der Waals surface area (Å²) < 4.78 is 22.7. The van der Waals surface area contributed by atoms with Crippen molar-refractivity contribution in [1.29, 1.82) is 0 Å². The SMILES string of the molecule is CCOC(=O)C1=C(C)NC(=S)N[C@H]1c1ccccc1OCC(=O)NN=Cc1ccc(OCc2ccc(C(=O)O)cc2)c(OCC)c1. The molecule has 0 aliphatic carbocycles. The van der Waals surface area contributed by atoms with E-state index >= 15 is 0 Å².